The number of aryl methyl sites for hydroxylation is 1. The average Bonchev–Trinajstić information content (AvgIpc) is 2.41. The number of hydrogen-bond acceptors (Lipinski definition) is 2. The summed E-state index contributed by atoms with van der Waals surface area (Å²) in [5, 5.41) is 10.4. The minimum absolute atomic E-state index is 0.338. The van der Waals surface area contributed by atoms with Crippen LogP contribution in [0.5, 0.6) is 5.75 Å². The molecule has 0 aliphatic carbocycles. The van der Waals surface area contributed by atoms with Crippen molar-refractivity contribution in [3.8, 4) is 16.9 Å². The molecule has 3 aromatic rings. The number of halogens is 1. The highest BCUT2D eigenvalue weighted by Crippen LogP contribution is 2.32. The minimum atomic E-state index is -0.601. The topological polar surface area (TPSA) is 33.1 Å². The van der Waals surface area contributed by atoms with Crippen LogP contribution >= 0.6 is 0 Å². The van der Waals surface area contributed by atoms with Crippen molar-refractivity contribution in [2.75, 3.05) is 0 Å². The SMILES string of the molecule is Cc1ccc2c(-c3cccc(O)c3F)cccc2n1. The maximum Gasteiger partial charge on any atom is 0.172 e. The Bertz CT molecular complexity index is 768. The van der Waals surface area contributed by atoms with E-state index in [1.807, 2.05) is 37.3 Å². The second kappa shape index (κ2) is 4.35. The third kappa shape index (κ3) is 1.93. The Morgan fingerprint density at radius 2 is 1.68 bits per heavy atom. The van der Waals surface area contributed by atoms with E-state index in [4.69, 9.17) is 0 Å². The molecule has 2 aromatic carbocycles. The summed E-state index contributed by atoms with van der Waals surface area (Å²) in [6.45, 7) is 1.92. The van der Waals surface area contributed by atoms with E-state index < -0.39 is 5.82 Å². The van der Waals surface area contributed by atoms with Crippen LogP contribution < -0.4 is 0 Å². The van der Waals surface area contributed by atoms with Gasteiger partial charge in [0.05, 0.1) is 5.52 Å². The molecule has 0 spiro atoms. The number of rotatable bonds is 1. The second-order valence-electron chi connectivity index (χ2n) is 4.46. The van der Waals surface area contributed by atoms with Gasteiger partial charge in [-0.05, 0) is 30.7 Å². The van der Waals surface area contributed by atoms with Crippen molar-refractivity contribution in [1.82, 2.24) is 4.98 Å². The molecule has 0 atom stereocenters. The molecule has 0 amide bonds. The van der Waals surface area contributed by atoms with Crippen LogP contribution in [0.2, 0.25) is 0 Å². The molecule has 3 heteroatoms. The summed E-state index contributed by atoms with van der Waals surface area (Å²) in [5.41, 5.74) is 2.86. The molecule has 0 fully saturated rings. The molecule has 0 unspecified atom stereocenters. The highest BCUT2D eigenvalue weighted by molar-refractivity contribution is 5.95. The van der Waals surface area contributed by atoms with E-state index in [0.29, 0.717) is 5.56 Å². The van der Waals surface area contributed by atoms with Crippen LogP contribution in [0.4, 0.5) is 4.39 Å². The smallest absolute Gasteiger partial charge is 0.172 e. The van der Waals surface area contributed by atoms with E-state index in [2.05, 4.69) is 4.98 Å². The van der Waals surface area contributed by atoms with Gasteiger partial charge in [-0.1, -0.05) is 30.3 Å². The fourth-order valence-electron chi connectivity index (χ4n) is 2.22. The summed E-state index contributed by atoms with van der Waals surface area (Å²) >= 11 is 0. The van der Waals surface area contributed by atoms with Gasteiger partial charge in [0.25, 0.3) is 0 Å². The zero-order valence-corrected chi connectivity index (χ0v) is 10.4. The molecule has 1 heterocycles. The maximum atomic E-state index is 14.0. The Morgan fingerprint density at radius 1 is 0.947 bits per heavy atom. The summed E-state index contributed by atoms with van der Waals surface area (Å²) in [5.74, 6) is -0.940. The normalized spacial score (nSPS) is 10.8. The lowest BCUT2D eigenvalue weighted by Gasteiger charge is -2.08. The first-order valence-electron chi connectivity index (χ1n) is 6.01. The van der Waals surface area contributed by atoms with Crippen LogP contribution in [0.25, 0.3) is 22.0 Å². The van der Waals surface area contributed by atoms with E-state index >= 15 is 0 Å². The van der Waals surface area contributed by atoms with Crippen molar-refractivity contribution in [2.45, 2.75) is 6.92 Å². The Kier molecular flexibility index (Phi) is 2.67. The number of hydrogen-bond donors (Lipinski definition) is 1. The van der Waals surface area contributed by atoms with Gasteiger partial charge in [-0.25, -0.2) is 4.39 Å². The van der Waals surface area contributed by atoms with Crippen LogP contribution in [-0.2, 0) is 0 Å². The number of benzene rings is 2. The minimum Gasteiger partial charge on any atom is -0.505 e. The third-order valence-electron chi connectivity index (χ3n) is 3.14. The summed E-state index contributed by atoms with van der Waals surface area (Å²) in [4.78, 5) is 4.43. The number of aromatic hydroxyl groups is 1. The lowest BCUT2D eigenvalue weighted by atomic mass is 9.99. The zero-order valence-electron chi connectivity index (χ0n) is 10.4. The van der Waals surface area contributed by atoms with Crippen LogP contribution in [0.1, 0.15) is 5.69 Å². The van der Waals surface area contributed by atoms with Gasteiger partial charge in [0, 0.05) is 16.6 Å². The van der Waals surface area contributed by atoms with Gasteiger partial charge in [0.15, 0.2) is 11.6 Å². The van der Waals surface area contributed by atoms with Gasteiger partial charge in [0.2, 0.25) is 0 Å². The Hall–Kier alpha value is -2.42. The molecule has 0 saturated heterocycles. The molecular weight excluding hydrogens is 241 g/mol. The summed E-state index contributed by atoms with van der Waals surface area (Å²) < 4.78 is 14.0. The first-order chi connectivity index (χ1) is 9.16. The quantitative estimate of drug-likeness (QED) is 0.709. The number of pyridine rings is 1. The van der Waals surface area contributed by atoms with Gasteiger partial charge in [0.1, 0.15) is 0 Å². The van der Waals surface area contributed by atoms with Crippen molar-refractivity contribution in [1.29, 1.82) is 0 Å². The summed E-state index contributed by atoms with van der Waals surface area (Å²) in [6.07, 6.45) is 0. The number of phenolic OH excluding ortho intramolecular Hbond substituents is 1. The molecule has 19 heavy (non-hydrogen) atoms. The maximum absolute atomic E-state index is 14.0. The van der Waals surface area contributed by atoms with Crippen LogP contribution in [-0.4, -0.2) is 10.1 Å². The summed E-state index contributed by atoms with van der Waals surface area (Å²) in [6, 6.07) is 14.0. The Balaban J connectivity index is 2.34. The monoisotopic (exact) mass is 253 g/mol. The van der Waals surface area contributed by atoms with Gasteiger partial charge in [-0.2, -0.15) is 0 Å². The Labute approximate surface area is 110 Å². The molecule has 0 radical (unpaired) electrons. The van der Waals surface area contributed by atoms with E-state index in [1.165, 1.54) is 6.07 Å². The molecule has 1 aromatic heterocycles. The molecule has 0 aliphatic heterocycles. The van der Waals surface area contributed by atoms with E-state index in [1.54, 1.807) is 12.1 Å². The van der Waals surface area contributed by atoms with Gasteiger partial charge in [-0.15, -0.1) is 0 Å². The first-order valence-corrected chi connectivity index (χ1v) is 6.01. The highest BCUT2D eigenvalue weighted by atomic mass is 19.1. The molecular formula is C16H12FNO. The molecule has 0 saturated carbocycles. The summed E-state index contributed by atoms with van der Waals surface area (Å²) in [7, 11) is 0. The Morgan fingerprint density at radius 3 is 2.53 bits per heavy atom. The fraction of sp³-hybridized carbons (Fsp3) is 0.0625. The van der Waals surface area contributed by atoms with Crippen LogP contribution in [0.3, 0.4) is 0 Å². The molecule has 1 N–H and O–H groups in total. The standard InChI is InChI=1S/C16H12FNO/c1-10-8-9-12-11(4-2-6-14(12)18-10)13-5-3-7-15(19)16(13)17/h2-9,19H,1H3. The van der Waals surface area contributed by atoms with E-state index in [0.717, 1.165) is 22.2 Å². The fourth-order valence-corrected chi connectivity index (χ4v) is 2.22. The molecule has 2 nitrogen and oxygen atoms in total. The van der Waals surface area contributed by atoms with Crippen molar-refractivity contribution < 1.29 is 9.50 Å². The number of aromatic nitrogens is 1. The predicted octanol–water partition coefficient (Wildman–Crippen LogP) is 4.05. The van der Waals surface area contributed by atoms with Crippen molar-refractivity contribution in [2.24, 2.45) is 0 Å². The van der Waals surface area contributed by atoms with Gasteiger partial charge >= 0.3 is 0 Å². The second-order valence-corrected chi connectivity index (χ2v) is 4.46. The molecule has 0 bridgehead atoms. The number of phenols is 1. The van der Waals surface area contributed by atoms with Gasteiger partial charge < -0.3 is 5.11 Å². The number of fused-ring (bicyclic) bond motifs is 1. The molecule has 3 rings (SSSR count). The predicted molar refractivity (Wildman–Crippen MR) is 73.5 cm³/mol. The third-order valence-corrected chi connectivity index (χ3v) is 3.14. The molecule has 0 aliphatic rings. The number of nitrogens with zero attached hydrogens (tertiary/aromatic N) is 1. The van der Waals surface area contributed by atoms with E-state index in [-0.39, 0.29) is 5.75 Å². The highest BCUT2D eigenvalue weighted by Gasteiger charge is 2.11. The molecule has 94 valence electrons. The van der Waals surface area contributed by atoms with Crippen molar-refractivity contribution in [3.05, 3.63) is 60.0 Å². The lowest BCUT2D eigenvalue weighted by molar-refractivity contribution is 0.433. The van der Waals surface area contributed by atoms with Gasteiger partial charge in [-0.3, -0.25) is 4.98 Å². The van der Waals surface area contributed by atoms with Crippen LogP contribution in [0.15, 0.2) is 48.5 Å². The first kappa shape index (κ1) is 11.7. The lowest BCUT2D eigenvalue weighted by Crippen LogP contribution is -1.89. The largest absolute Gasteiger partial charge is 0.505 e. The van der Waals surface area contributed by atoms with E-state index in [9.17, 15) is 9.50 Å². The zero-order chi connectivity index (χ0) is 13.4. The average molecular weight is 253 g/mol. The van der Waals surface area contributed by atoms with Crippen molar-refractivity contribution >= 4 is 10.9 Å². The van der Waals surface area contributed by atoms with Crippen LogP contribution in [0, 0.1) is 12.7 Å². The van der Waals surface area contributed by atoms with Crippen molar-refractivity contribution in [3.63, 3.8) is 0 Å².